The second-order valence-corrected chi connectivity index (χ2v) is 5.90. The van der Waals surface area contributed by atoms with Gasteiger partial charge in [0.05, 0.1) is 6.61 Å². The number of hydrogen-bond donors (Lipinski definition) is 3. The second-order valence-electron chi connectivity index (χ2n) is 5.90. The van der Waals surface area contributed by atoms with Crippen LogP contribution in [0.4, 0.5) is 0 Å². The molecule has 0 saturated carbocycles. The maximum absolute atomic E-state index is 12.3. The van der Waals surface area contributed by atoms with Gasteiger partial charge < -0.3 is 20.9 Å². The third-order valence-electron chi connectivity index (χ3n) is 3.93. The molecular weight excluding hydrogens is 348 g/mol. The van der Waals surface area contributed by atoms with Crippen LogP contribution in [0.25, 0.3) is 11.1 Å². The molecule has 0 aliphatic rings. The Morgan fingerprint density at radius 2 is 1.59 bits per heavy atom. The summed E-state index contributed by atoms with van der Waals surface area (Å²) in [4.78, 5) is 34.3. The molecule has 7 heteroatoms. The predicted molar refractivity (Wildman–Crippen MR) is 100 cm³/mol. The quantitative estimate of drug-likeness (QED) is 0.625. The lowest BCUT2D eigenvalue weighted by atomic mass is 10.0. The molecule has 0 spiro atoms. The first-order valence-corrected chi connectivity index (χ1v) is 8.56. The van der Waals surface area contributed by atoms with Crippen molar-refractivity contribution in [3.8, 4) is 16.9 Å². The first kappa shape index (κ1) is 20.0. The van der Waals surface area contributed by atoms with Gasteiger partial charge in [-0.1, -0.05) is 24.3 Å². The van der Waals surface area contributed by atoms with Gasteiger partial charge in [0.15, 0.2) is 0 Å². The monoisotopic (exact) mass is 370 g/mol. The maximum Gasteiger partial charge on any atom is 0.326 e. The fourth-order valence-electron chi connectivity index (χ4n) is 2.51. The summed E-state index contributed by atoms with van der Waals surface area (Å²) in [6.45, 7) is 2.51. The lowest BCUT2D eigenvalue weighted by molar-refractivity contribution is -0.139. The third kappa shape index (κ3) is 5.85. The highest BCUT2D eigenvalue weighted by molar-refractivity contribution is 5.97. The van der Waals surface area contributed by atoms with Gasteiger partial charge in [0.2, 0.25) is 5.91 Å². The maximum atomic E-state index is 12.3. The summed E-state index contributed by atoms with van der Waals surface area (Å²) in [5.41, 5.74) is 7.24. The molecule has 0 saturated heterocycles. The predicted octanol–water partition coefficient (Wildman–Crippen LogP) is 2.20. The van der Waals surface area contributed by atoms with Crippen LogP contribution in [0.5, 0.6) is 5.75 Å². The van der Waals surface area contributed by atoms with E-state index in [1.54, 1.807) is 24.3 Å². The highest BCUT2D eigenvalue weighted by atomic mass is 16.5. The zero-order valence-corrected chi connectivity index (χ0v) is 15.0. The van der Waals surface area contributed by atoms with Crippen molar-refractivity contribution in [3.05, 3.63) is 54.1 Å². The van der Waals surface area contributed by atoms with E-state index in [9.17, 15) is 14.4 Å². The summed E-state index contributed by atoms with van der Waals surface area (Å²) in [5.74, 6) is -1.57. The normalized spacial score (nSPS) is 11.4. The first-order chi connectivity index (χ1) is 12.9. The van der Waals surface area contributed by atoms with E-state index in [0.29, 0.717) is 12.2 Å². The zero-order chi connectivity index (χ0) is 19.8. The molecule has 0 aromatic heterocycles. The van der Waals surface area contributed by atoms with Crippen molar-refractivity contribution in [1.29, 1.82) is 0 Å². The summed E-state index contributed by atoms with van der Waals surface area (Å²) in [7, 11) is 0. The van der Waals surface area contributed by atoms with Crippen LogP contribution in [-0.2, 0) is 9.59 Å². The van der Waals surface area contributed by atoms with E-state index in [1.807, 2.05) is 31.2 Å². The van der Waals surface area contributed by atoms with Crippen LogP contribution >= 0.6 is 0 Å². The van der Waals surface area contributed by atoms with Gasteiger partial charge in [-0.25, -0.2) is 4.79 Å². The summed E-state index contributed by atoms with van der Waals surface area (Å²) in [5, 5.41) is 11.6. The molecule has 7 nitrogen and oxygen atoms in total. The van der Waals surface area contributed by atoms with Gasteiger partial charge in [0.1, 0.15) is 11.8 Å². The van der Waals surface area contributed by atoms with Crippen LogP contribution < -0.4 is 15.8 Å². The first-order valence-electron chi connectivity index (χ1n) is 8.56. The Balaban J connectivity index is 2.05. The van der Waals surface area contributed by atoms with E-state index in [1.165, 1.54) is 0 Å². The smallest absolute Gasteiger partial charge is 0.326 e. The number of carbonyl (C=O) groups excluding carboxylic acids is 2. The largest absolute Gasteiger partial charge is 0.494 e. The number of aliphatic carboxylic acids is 1. The number of primary amides is 1. The van der Waals surface area contributed by atoms with E-state index in [-0.39, 0.29) is 12.8 Å². The molecule has 0 fully saturated rings. The van der Waals surface area contributed by atoms with E-state index in [4.69, 9.17) is 15.6 Å². The number of hydrogen-bond acceptors (Lipinski definition) is 4. The summed E-state index contributed by atoms with van der Waals surface area (Å²) in [6, 6.07) is 13.2. The Labute approximate surface area is 157 Å². The van der Waals surface area contributed by atoms with Crippen molar-refractivity contribution < 1.29 is 24.2 Å². The zero-order valence-electron chi connectivity index (χ0n) is 15.0. The highest BCUT2D eigenvalue weighted by Gasteiger charge is 2.21. The number of ether oxygens (including phenoxy) is 1. The van der Waals surface area contributed by atoms with Gasteiger partial charge in [-0.05, 0) is 48.7 Å². The van der Waals surface area contributed by atoms with Crippen molar-refractivity contribution in [3.63, 3.8) is 0 Å². The SMILES string of the molecule is CCOc1ccc(-c2ccc(C(=O)N[C@@H](CCC(N)=O)C(=O)O)cc2)cc1. The van der Waals surface area contributed by atoms with Crippen LogP contribution in [0.2, 0.25) is 0 Å². The topological polar surface area (TPSA) is 119 Å². The Kier molecular flexibility index (Phi) is 6.93. The van der Waals surface area contributed by atoms with Crippen molar-refractivity contribution in [2.75, 3.05) is 6.61 Å². The molecule has 1 atom stereocenters. The molecule has 2 aromatic carbocycles. The minimum absolute atomic E-state index is 0.0549. The minimum Gasteiger partial charge on any atom is -0.494 e. The van der Waals surface area contributed by atoms with Crippen LogP contribution in [0, 0.1) is 0 Å². The molecule has 0 unspecified atom stereocenters. The molecule has 2 rings (SSSR count). The second kappa shape index (κ2) is 9.38. The van der Waals surface area contributed by atoms with Crippen LogP contribution in [0.3, 0.4) is 0 Å². The van der Waals surface area contributed by atoms with Gasteiger partial charge in [-0.2, -0.15) is 0 Å². The molecule has 142 valence electrons. The van der Waals surface area contributed by atoms with E-state index in [0.717, 1.165) is 16.9 Å². The number of carboxylic acid groups (broad SMARTS) is 1. The van der Waals surface area contributed by atoms with Crippen molar-refractivity contribution in [2.24, 2.45) is 5.73 Å². The summed E-state index contributed by atoms with van der Waals surface area (Å²) >= 11 is 0. The number of carbonyl (C=O) groups is 3. The van der Waals surface area contributed by atoms with Gasteiger partial charge in [0.25, 0.3) is 5.91 Å². The average Bonchev–Trinajstić information content (AvgIpc) is 2.65. The van der Waals surface area contributed by atoms with Gasteiger partial charge in [-0.3, -0.25) is 9.59 Å². The van der Waals surface area contributed by atoms with Crippen LogP contribution in [-0.4, -0.2) is 35.5 Å². The van der Waals surface area contributed by atoms with Crippen molar-refractivity contribution in [2.45, 2.75) is 25.8 Å². The molecule has 2 amide bonds. The molecule has 4 N–H and O–H groups in total. The van der Waals surface area contributed by atoms with Gasteiger partial charge in [-0.15, -0.1) is 0 Å². The molecule has 0 aliphatic carbocycles. The number of rotatable bonds is 9. The Morgan fingerprint density at radius 3 is 2.07 bits per heavy atom. The standard InChI is InChI=1S/C20H22N2O5/c1-2-27-16-9-7-14(8-10-16)13-3-5-15(6-4-13)19(24)22-17(20(25)26)11-12-18(21)23/h3-10,17H,2,11-12H2,1H3,(H2,21,23)(H,22,24)(H,25,26)/t17-/m0/s1. The third-order valence-corrected chi connectivity index (χ3v) is 3.93. The van der Waals surface area contributed by atoms with Crippen LogP contribution in [0.15, 0.2) is 48.5 Å². The van der Waals surface area contributed by atoms with E-state index in [2.05, 4.69) is 5.32 Å². The number of nitrogens with two attached hydrogens (primary N) is 1. The minimum atomic E-state index is -1.21. The lowest BCUT2D eigenvalue weighted by Crippen LogP contribution is -2.41. The number of nitrogens with one attached hydrogen (secondary N) is 1. The van der Waals surface area contributed by atoms with Crippen molar-refractivity contribution in [1.82, 2.24) is 5.32 Å². The lowest BCUT2D eigenvalue weighted by Gasteiger charge is -2.14. The summed E-state index contributed by atoms with van der Waals surface area (Å²) < 4.78 is 5.41. The van der Waals surface area contributed by atoms with Crippen LogP contribution in [0.1, 0.15) is 30.1 Å². The molecule has 0 aliphatic heterocycles. The number of amides is 2. The summed E-state index contributed by atoms with van der Waals surface area (Å²) in [6.07, 6.45) is -0.172. The molecule has 0 heterocycles. The highest BCUT2D eigenvalue weighted by Crippen LogP contribution is 2.23. The fraction of sp³-hybridized carbons (Fsp3) is 0.250. The van der Waals surface area contributed by atoms with Crippen molar-refractivity contribution >= 4 is 17.8 Å². The molecule has 0 bridgehead atoms. The Hall–Kier alpha value is -3.35. The van der Waals surface area contributed by atoms with E-state index < -0.39 is 23.8 Å². The van der Waals surface area contributed by atoms with E-state index >= 15 is 0 Å². The molecular formula is C20H22N2O5. The Morgan fingerprint density at radius 1 is 1.04 bits per heavy atom. The average molecular weight is 370 g/mol. The van der Waals surface area contributed by atoms with Gasteiger partial charge >= 0.3 is 5.97 Å². The number of carboxylic acids is 1. The Bertz CT molecular complexity index is 800. The van der Waals surface area contributed by atoms with Gasteiger partial charge in [0, 0.05) is 12.0 Å². The molecule has 2 aromatic rings. The number of benzene rings is 2. The molecule has 0 radical (unpaired) electrons. The fourth-order valence-corrected chi connectivity index (χ4v) is 2.51. The molecule has 27 heavy (non-hydrogen) atoms.